The van der Waals surface area contributed by atoms with Crippen LogP contribution in [0.4, 0.5) is 0 Å². The smallest absolute Gasteiger partial charge is 0.462 e. The zero-order valence-electron chi connectivity index (χ0n) is 55.6. The minimum Gasteiger partial charge on any atom is -0.462 e. The molecule has 0 aliphatic rings. The summed E-state index contributed by atoms with van der Waals surface area (Å²) in [7, 11) is -9.88. The third-order valence-electron chi connectivity index (χ3n) is 15.8. The Bertz CT molecular complexity index is 1690. The van der Waals surface area contributed by atoms with Crippen molar-refractivity contribution >= 4 is 39.5 Å². The second-order valence-corrected chi connectivity index (χ2v) is 27.8. The number of hydrogen-bond donors (Lipinski definition) is 3. The summed E-state index contributed by atoms with van der Waals surface area (Å²) in [4.78, 5) is 72.1. The number of aliphatic hydroxyl groups is 1. The van der Waals surface area contributed by atoms with Crippen LogP contribution in [0, 0.1) is 11.8 Å². The lowest BCUT2D eigenvalue weighted by Gasteiger charge is -2.21. The summed E-state index contributed by atoms with van der Waals surface area (Å²) in [6.07, 6.45) is 43.3. The number of aliphatic hydroxyl groups excluding tert-OH is 1. The van der Waals surface area contributed by atoms with E-state index in [1.165, 1.54) is 148 Å². The molecule has 0 heterocycles. The molecule has 86 heavy (non-hydrogen) atoms. The van der Waals surface area contributed by atoms with Gasteiger partial charge in [-0.3, -0.25) is 37.3 Å². The topological polar surface area (TPSA) is 237 Å². The molecular formula is C67H130O17P2. The zero-order valence-corrected chi connectivity index (χ0v) is 57.4. The van der Waals surface area contributed by atoms with Gasteiger partial charge in [0.2, 0.25) is 0 Å². The number of carbonyl (C=O) groups excluding carboxylic acids is 4. The predicted octanol–water partition coefficient (Wildman–Crippen LogP) is 18.8. The highest BCUT2D eigenvalue weighted by molar-refractivity contribution is 7.47. The lowest BCUT2D eigenvalue weighted by atomic mass is 9.99. The van der Waals surface area contributed by atoms with E-state index in [1.54, 1.807) is 0 Å². The molecule has 0 amide bonds. The van der Waals surface area contributed by atoms with Crippen LogP contribution in [0.15, 0.2) is 0 Å². The maximum atomic E-state index is 13.0. The van der Waals surface area contributed by atoms with Crippen LogP contribution in [-0.2, 0) is 65.4 Å². The normalized spacial score (nSPS) is 14.5. The van der Waals surface area contributed by atoms with E-state index in [1.807, 2.05) is 0 Å². The molecule has 0 aromatic carbocycles. The number of phosphoric acid groups is 2. The standard InChI is InChI=1S/C67H130O17P2/c1-7-10-12-14-15-16-27-33-39-45-51-66(71)83-62(55-77-64(69)49-43-35-13-11-8-2)57-81-85(73,74)79-53-61(68)54-80-86(75,76)82-58-63(56-78-65(70)50-44-38-32-28-24-23-25-30-36-41-47-59(4)5)84-67(72)52-46-40-34-29-22-20-18-17-19-21-26-31-37-42-48-60(6)9-3/h59-63,68H,7-58H2,1-6H3,(H,73,74)(H,75,76)/t60?,61-,62+,63+/m0/s1. The summed E-state index contributed by atoms with van der Waals surface area (Å²) < 4.78 is 67.9. The first-order valence-electron chi connectivity index (χ1n) is 35.0. The van der Waals surface area contributed by atoms with Gasteiger partial charge in [0.15, 0.2) is 12.2 Å². The van der Waals surface area contributed by atoms with Gasteiger partial charge in [0, 0.05) is 25.7 Å². The van der Waals surface area contributed by atoms with E-state index in [-0.39, 0.29) is 25.7 Å². The molecule has 510 valence electrons. The monoisotopic (exact) mass is 1270 g/mol. The molecule has 6 atom stereocenters. The first kappa shape index (κ1) is 84.1. The highest BCUT2D eigenvalue weighted by atomic mass is 31.2. The first-order chi connectivity index (χ1) is 41.4. The van der Waals surface area contributed by atoms with Crippen molar-refractivity contribution in [3.63, 3.8) is 0 Å². The molecule has 3 N–H and O–H groups in total. The number of carbonyl (C=O) groups is 4. The lowest BCUT2D eigenvalue weighted by molar-refractivity contribution is -0.161. The Labute approximate surface area is 524 Å². The molecule has 0 aromatic rings. The Morgan fingerprint density at radius 2 is 0.593 bits per heavy atom. The van der Waals surface area contributed by atoms with Crippen molar-refractivity contribution < 1.29 is 80.2 Å². The van der Waals surface area contributed by atoms with Gasteiger partial charge in [-0.15, -0.1) is 0 Å². The molecule has 0 aromatic heterocycles. The second kappa shape index (κ2) is 59.4. The molecule has 0 rings (SSSR count). The van der Waals surface area contributed by atoms with Gasteiger partial charge < -0.3 is 33.8 Å². The molecule has 0 spiro atoms. The molecule has 0 bridgehead atoms. The van der Waals surface area contributed by atoms with Gasteiger partial charge in [-0.05, 0) is 37.5 Å². The molecule has 0 saturated carbocycles. The van der Waals surface area contributed by atoms with Gasteiger partial charge >= 0.3 is 39.5 Å². The van der Waals surface area contributed by atoms with Gasteiger partial charge in [0.1, 0.15) is 19.3 Å². The van der Waals surface area contributed by atoms with Gasteiger partial charge in [-0.25, -0.2) is 9.13 Å². The molecular weight excluding hydrogens is 1140 g/mol. The third-order valence-corrected chi connectivity index (χ3v) is 17.7. The summed E-state index contributed by atoms with van der Waals surface area (Å²) in [5.41, 5.74) is 0. The Balaban J connectivity index is 5.16. The maximum Gasteiger partial charge on any atom is 0.472 e. The summed E-state index contributed by atoms with van der Waals surface area (Å²) in [5.74, 6) is -0.535. The van der Waals surface area contributed by atoms with Crippen molar-refractivity contribution in [3.05, 3.63) is 0 Å². The lowest BCUT2D eigenvalue weighted by Crippen LogP contribution is -2.30. The third kappa shape index (κ3) is 59.7. The largest absolute Gasteiger partial charge is 0.472 e. The molecule has 0 saturated heterocycles. The van der Waals surface area contributed by atoms with E-state index >= 15 is 0 Å². The van der Waals surface area contributed by atoms with Crippen molar-refractivity contribution in [2.24, 2.45) is 11.8 Å². The number of rotatable bonds is 66. The SMILES string of the molecule is CCCCCCCCCCCCC(=O)O[C@H](COC(=O)CCCCCCC)COP(=O)(O)OC[C@H](O)COP(=O)(O)OC[C@@H](COC(=O)CCCCCCCCCCCCC(C)C)OC(=O)CCCCCCCCCCCCCCCCC(C)CC. The van der Waals surface area contributed by atoms with Crippen molar-refractivity contribution in [1.29, 1.82) is 0 Å². The van der Waals surface area contributed by atoms with E-state index in [0.29, 0.717) is 25.7 Å². The van der Waals surface area contributed by atoms with E-state index in [2.05, 4.69) is 41.5 Å². The van der Waals surface area contributed by atoms with Crippen LogP contribution < -0.4 is 0 Å². The average molecular weight is 1270 g/mol. The molecule has 0 radical (unpaired) electrons. The van der Waals surface area contributed by atoms with E-state index < -0.39 is 97.5 Å². The fraction of sp³-hybridized carbons (Fsp3) is 0.940. The van der Waals surface area contributed by atoms with Crippen LogP contribution in [0.25, 0.3) is 0 Å². The van der Waals surface area contributed by atoms with Crippen LogP contribution in [-0.4, -0.2) is 96.7 Å². The highest BCUT2D eigenvalue weighted by Gasteiger charge is 2.30. The fourth-order valence-corrected chi connectivity index (χ4v) is 11.6. The summed E-state index contributed by atoms with van der Waals surface area (Å²) in [6, 6.07) is 0. The Morgan fingerprint density at radius 1 is 0.337 bits per heavy atom. The van der Waals surface area contributed by atoms with Crippen LogP contribution in [0.2, 0.25) is 0 Å². The van der Waals surface area contributed by atoms with Gasteiger partial charge in [0.25, 0.3) is 0 Å². The molecule has 0 fully saturated rings. The maximum absolute atomic E-state index is 13.0. The van der Waals surface area contributed by atoms with Gasteiger partial charge in [0.05, 0.1) is 26.4 Å². The highest BCUT2D eigenvalue weighted by Crippen LogP contribution is 2.45. The number of phosphoric ester groups is 2. The van der Waals surface area contributed by atoms with Crippen molar-refractivity contribution in [2.75, 3.05) is 39.6 Å². The van der Waals surface area contributed by atoms with Crippen LogP contribution in [0.5, 0.6) is 0 Å². The van der Waals surface area contributed by atoms with E-state index in [0.717, 1.165) is 108 Å². The summed E-state index contributed by atoms with van der Waals surface area (Å²) in [6.45, 7) is 9.48. The number of hydrogen-bond acceptors (Lipinski definition) is 15. The Morgan fingerprint density at radius 3 is 0.884 bits per heavy atom. The minimum atomic E-state index is -4.95. The Kier molecular flexibility index (Phi) is 58.0. The Hall–Kier alpha value is -1.94. The molecule has 0 aliphatic carbocycles. The molecule has 17 nitrogen and oxygen atoms in total. The average Bonchev–Trinajstić information content (AvgIpc) is 3.70. The van der Waals surface area contributed by atoms with Crippen LogP contribution >= 0.6 is 15.6 Å². The van der Waals surface area contributed by atoms with Crippen molar-refractivity contribution in [3.8, 4) is 0 Å². The summed E-state index contributed by atoms with van der Waals surface area (Å²) in [5, 5.41) is 10.5. The second-order valence-electron chi connectivity index (χ2n) is 24.9. The van der Waals surface area contributed by atoms with E-state index in [9.17, 15) is 43.2 Å². The summed E-state index contributed by atoms with van der Waals surface area (Å²) >= 11 is 0. The molecule has 0 aliphatic heterocycles. The number of esters is 4. The van der Waals surface area contributed by atoms with Gasteiger partial charge in [-0.2, -0.15) is 0 Å². The van der Waals surface area contributed by atoms with Crippen LogP contribution in [0.3, 0.4) is 0 Å². The predicted molar refractivity (Wildman–Crippen MR) is 345 cm³/mol. The number of ether oxygens (including phenoxy) is 4. The van der Waals surface area contributed by atoms with E-state index in [4.69, 9.17) is 37.0 Å². The van der Waals surface area contributed by atoms with Gasteiger partial charge in [-0.1, -0.05) is 286 Å². The fourth-order valence-electron chi connectivity index (χ4n) is 10.0. The number of unbranched alkanes of at least 4 members (excludes halogenated alkanes) is 35. The van der Waals surface area contributed by atoms with Crippen molar-refractivity contribution in [2.45, 2.75) is 355 Å². The zero-order chi connectivity index (χ0) is 63.6. The van der Waals surface area contributed by atoms with Crippen LogP contribution in [0.1, 0.15) is 337 Å². The first-order valence-corrected chi connectivity index (χ1v) is 38.0. The molecule has 19 heteroatoms. The molecule has 3 unspecified atom stereocenters. The van der Waals surface area contributed by atoms with Crippen molar-refractivity contribution in [1.82, 2.24) is 0 Å². The quantitative estimate of drug-likeness (QED) is 0.0222. The minimum absolute atomic E-state index is 0.105.